The second-order valence-corrected chi connectivity index (χ2v) is 9.05. The van der Waals surface area contributed by atoms with E-state index in [9.17, 15) is 0 Å². The molecule has 0 aliphatic heterocycles. The largest absolute Gasteiger partial charge is 0.493 e. The minimum absolute atomic E-state index is 0.280. The summed E-state index contributed by atoms with van der Waals surface area (Å²) in [7, 11) is 1.58. The number of fused-ring (bicyclic) bond motifs is 3. The number of hydrogen-bond acceptors (Lipinski definition) is 7. The molecule has 3 aromatic carbocycles. The van der Waals surface area contributed by atoms with Gasteiger partial charge in [0.25, 0.3) is 5.95 Å². The third-order valence-electron chi connectivity index (χ3n) is 5.33. The Bertz CT molecular complexity index is 1570. The van der Waals surface area contributed by atoms with Crippen molar-refractivity contribution in [3.8, 4) is 11.5 Å². The third-order valence-corrected chi connectivity index (χ3v) is 6.29. The molecule has 0 aliphatic rings. The van der Waals surface area contributed by atoms with Gasteiger partial charge in [-0.05, 0) is 58.7 Å². The fraction of sp³-hybridized carbons (Fsp3) is 0.120. The molecule has 2 heterocycles. The maximum atomic E-state index is 6.23. The number of hydrazone groups is 1. The summed E-state index contributed by atoms with van der Waals surface area (Å²) >= 11 is 9.79. The highest BCUT2D eigenvalue weighted by Crippen LogP contribution is 2.37. The van der Waals surface area contributed by atoms with E-state index in [4.69, 9.17) is 21.1 Å². The lowest BCUT2D eigenvalue weighted by molar-refractivity contribution is 0.282. The molecule has 2 aromatic heterocycles. The molecule has 0 saturated carbocycles. The van der Waals surface area contributed by atoms with Gasteiger partial charge in [-0.1, -0.05) is 41.4 Å². The molecule has 10 heteroatoms. The van der Waals surface area contributed by atoms with Gasteiger partial charge in [-0.3, -0.25) is 0 Å². The highest BCUT2D eigenvalue weighted by Gasteiger charge is 2.13. The van der Waals surface area contributed by atoms with Crippen LogP contribution in [0.5, 0.6) is 11.5 Å². The van der Waals surface area contributed by atoms with Crippen LogP contribution in [0.25, 0.3) is 22.1 Å². The van der Waals surface area contributed by atoms with Crippen molar-refractivity contribution in [2.75, 3.05) is 12.5 Å². The topological polar surface area (TPSA) is 97.3 Å². The highest BCUT2D eigenvalue weighted by atomic mass is 79.9. The molecule has 0 bridgehead atoms. The van der Waals surface area contributed by atoms with Crippen LogP contribution in [0.2, 0.25) is 5.02 Å². The number of nitrogens with zero attached hydrogens (tertiary/aromatic N) is 4. The molecule has 8 nitrogen and oxygen atoms in total. The Balaban J connectivity index is 1.32. The van der Waals surface area contributed by atoms with Gasteiger partial charge in [0.05, 0.1) is 17.8 Å². The molecule has 176 valence electrons. The number of rotatable bonds is 7. The summed E-state index contributed by atoms with van der Waals surface area (Å²) in [5.41, 5.74) is 7.96. The van der Waals surface area contributed by atoms with Crippen molar-refractivity contribution in [1.29, 1.82) is 0 Å². The molecule has 0 saturated heterocycles. The number of benzene rings is 3. The third kappa shape index (κ3) is 4.91. The van der Waals surface area contributed by atoms with Crippen LogP contribution >= 0.6 is 27.5 Å². The first-order chi connectivity index (χ1) is 17.0. The number of aryl methyl sites for hydroxylation is 1. The van der Waals surface area contributed by atoms with Crippen molar-refractivity contribution in [1.82, 2.24) is 20.2 Å². The van der Waals surface area contributed by atoms with E-state index in [1.54, 1.807) is 13.3 Å². The lowest BCUT2D eigenvalue weighted by atomic mass is 10.2. The van der Waals surface area contributed by atoms with Crippen LogP contribution in [0.4, 0.5) is 5.95 Å². The first-order valence-electron chi connectivity index (χ1n) is 10.7. The maximum Gasteiger partial charge on any atom is 0.265 e. The molecule has 2 N–H and O–H groups in total. The molecular weight excluding hydrogens is 532 g/mol. The Morgan fingerprint density at radius 1 is 1.14 bits per heavy atom. The first kappa shape index (κ1) is 23.1. The average Bonchev–Trinajstić information content (AvgIpc) is 3.21. The minimum atomic E-state index is 0.280. The molecule has 0 radical (unpaired) electrons. The average molecular weight is 552 g/mol. The number of halogens is 2. The van der Waals surface area contributed by atoms with E-state index in [0.717, 1.165) is 37.6 Å². The standard InChI is InChI=1S/C25H20BrClN6O2/c1-14-7-8-20-17(9-14)22-24(29-20)30-25(33-31-22)32-28-12-15-10-18(26)23(21(11-15)34-2)35-13-16-5-3-4-6-19(16)27/h3-12H,13H2,1-2H3,(H2,29,30,32,33)/b28-12+. The summed E-state index contributed by atoms with van der Waals surface area (Å²) in [6.45, 7) is 2.35. The number of nitrogens with one attached hydrogen (secondary N) is 2. The SMILES string of the molecule is COc1cc(/C=N/Nc2nnc3c(n2)[nH]c2ccc(C)cc23)cc(Br)c1OCc1ccccc1Cl. The summed E-state index contributed by atoms with van der Waals surface area (Å²) < 4.78 is 12.2. The van der Waals surface area contributed by atoms with Crippen LogP contribution in [-0.4, -0.2) is 33.5 Å². The fourth-order valence-corrected chi connectivity index (χ4v) is 4.38. The molecule has 35 heavy (non-hydrogen) atoms. The summed E-state index contributed by atoms with van der Waals surface area (Å²) in [6, 6.07) is 17.3. The van der Waals surface area contributed by atoms with Crippen LogP contribution < -0.4 is 14.9 Å². The van der Waals surface area contributed by atoms with Crippen LogP contribution in [0.15, 0.2) is 64.2 Å². The summed E-state index contributed by atoms with van der Waals surface area (Å²) in [5.74, 6) is 1.41. The number of ether oxygens (including phenoxy) is 2. The van der Waals surface area contributed by atoms with Crippen molar-refractivity contribution in [3.05, 3.63) is 80.8 Å². The van der Waals surface area contributed by atoms with Gasteiger partial charge in [0, 0.05) is 21.5 Å². The minimum Gasteiger partial charge on any atom is -0.493 e. The monoisotopic (exact) mass is 550 g/mol. The number of aromatic amines is 1. The van der Waals surface area contributed by atoms with Gasteiger partial charge in [-0.15, -0.1) is 10.2 Å². The number of anilines is 1. The van der Waals surface area contributed by atoms with Gasteiger partial charge in [-0.2, -0.15) is 10.1 Å². The van der Waals surface area contributed by atoms with Crippen LogP contribution in [-0.2, 0) is 6.61 Å². The Labute approximate surface area is 214 Å². The number of methoxy groups -OCH3 is 1. The van der Waals surface area contributed by atoms with E-state index in [1.807, 2.05) is 55.5 Å². The van der Waals surface area contributed by atoms with Gasteiger partial charge < -0.3 is 14.5 Å². The van der Waals surface area contributed by atoms with Gasteiger partial charge in [0.15, 0.2) is 17.1 Å². The van der Waals surface area contributed by atoms with E-state index < -0.39 is 0 Å². The second kappa shape index (κ2) is 9.89. The lowest BCUT2D eigenvalue weighted by Gasteiger charge is -2.14. The molecule has 0 amide bonds. The van der Waals surface area contributed by atoms with Gasteiger partial charge in [0.1, 0.15) is 12.1 Å². The quantitative estimate of drug-likeness (QED) is 0.183. The van der Waals surface area contributed by atoms with Crippen molar-refractivity contribution in [3.63, 3.8) is 0 Å². The van der Waals surface area contributed by atoms with Crippen molar-refractivity contribution in [2.24, 2.45) is 5.10 Å². The first-order valence-corrected chi connectivity index (χ1v) is 11.8. The van der Waals surface area contributed by atoms with E-state index in [1.165, 1.54) is 0 Å². The number of H-pyrrole nitrogens is 1. The number of aromatic nitrogens is 4. The molecule has 0 atom stereocenters. The zero-order chi connectivity index (χ0) is 24.4. The Kier molecular flexibility index (Phi) is 6.52. The van der Waals surface area contributed by atoms with E-state index in [2.05, 4.69) is 52.7 Å². The zero-order valence-corrected chi connectivity index (χ0v) is 21.2. The van der Waals surface area contributed by atoms with E-state index in [-0.39, 0.29) is 5.95 Å². The van der Waals surface area contributed by atoms with Crippen molar-refractivity contribution in [2.45, 2.75) is 13.5 Å². The fourth-order valence-electron chi connectivity index (χ4n) is 3.62. The molecule has 0 fully saturated rings. The summed E-state index contributed by atoms with van der Waals surface area (Å²) in [6.07, 6.45) is 1.63. The van der Waals surface area contributed by atoms with Gasteiger partial charge >= 0.3 is 0 Å². The van der Waals surface area contributed by atoms with Crippen molar-refractivity contribution >= 4 is 61.8 Å². The summed E-state index contributed by atoms with van der Waals surface area (Å²) in [5, 5.41) is 14.3. The molecule has 0 aliphatic carbocycles. The maximum absolute atomic E-state index is 6.23. The Hall–Kier alpha value is -3.69. The van der Waals surface area contributed by atoms with Crippen LogP contribution in [0.1, 0.15) is 16.7 Å². The highest BCUT2D eigenvalue weighted by molar-refractivity contribution is 9.10. The molecule has 5 aromatic rings. The number of hydrogen-bond donors (Lipinski definition) is 2. The molecule has 0 unspecified atom stereocenters. The smallest absolute Gasteiger partial charge is 0.265 e. The van der Waals surface area contributed by atoms with Crippen LogP contribution in [0.3, 0.4) is 0 Å². The second-order valence-electron chi connectivity index (χ2n) is 7.79. The Morgan fingerprint density at radius 3 is 2.83 bits per heavy atom. The van der Waals surface area contributed by atoms with E-state index in [0.29, 0.717) is 28.8 Å². The van der Waals surface area contributed by atoms with Gasteiger partial charge in [0.2, 0.25) is 0 Å². The Morgan fingerprint density at radius 2 is 2.00 bits per heavy atom. The van der Waals surface area contributed by atoms with Gasteiger partial charge in [-0.25, -0.2) is 5.43 Å². The predicted octanol–water partition coefficient (Wildman–Crippen LogP) is 6.26. The van der Waals surface area contributed by atoms with Crippen LogP contribution in [0, 0.1) is 6.92 Å². The van der Waals surface area contributed by atoms with E-state index >= 15 is 0 Å². The molecule has 5 rings (SSSR count). The molecular formula is C25H20BrClN6O2. The van der Waals surface area contributed by atoms with Crippen molar-refractivity contribution < 1.29 is 9.47 Å². The molecule has 0 spiro atoms. The normalized spacial score (nSPS) is 11.4. The zero-order valence-electron chi connectivity index (χ0n) is 18.8. The predicted molar refractivity (Wildman–Crippen MR) is 142 cm³/mol. The summed E-state index contributed by atoms with van der Waals surface area (Å²) in [4.78, 5) is 7.74. The lowest BCUT2D eigenvalue weighted by Crippen LogP contribution is -2.01.